The molecule has 2 bridgehead atoms. The Morgan fingerprint density at radius 2 is 1.56 bits per heavy atom. The zero-order chi connectivity index (χ0) is 60.9. The van der Waals surface area contributed by atoms with Crippen LogP contribution in [-0.2, 0) is 42.5 Å². The largest absolute Gasteiger partial charge is 0.501 e. The van der Waals surface area contributed by atoms with Crippen molar-refractivity contribution in [1.82, 2.24) is 29.6 Å². The van der Waals surface area contributed by atoms with E-state index in [1.807, 2.05) is 47.2 Å². The molecule has 4 amide bonds. The monoisotopic (exact) mass is 1260 g/mol. The molecule has 0 radical (unpaired) electrons. The Labute approximate surface area is 507 Å². The molecule has 1 aliphatic carbocycles. The van der Waals surface area contributed by atoms with E-state index in [9.17, 15) is 49.2 Å². The minimum atomic E-state index is -6.17. The number of piperazine rings is 2. The first-order valence-electron chi connectivity index (χ1n) is 28.8. The number of thioether (sulfide) groups is 1. The fraction of sp³-hybridized carbons (Fsp3) is 0.419. The number of sulfone groups is 1. The molecule has 4 fully saturated rings. The van der Waals surface area contributed by atoms with Crippen LogP contribution >= 0.6 is 23.4 Å². The molecule has 5 aliphatic heterocycles. The number of carbonyl (C=O) groups excluding carboxylic acids is 4. The van der Waals surface area contributed by atoms with Gasteiger partial charge in [-0.2, -0.15) is 13.2 Å². The topological polar surface area (TPSA) is 189 Å². The van der Waals surface area contributed by atoms with Crippen LogP contribution in [0.25, 0.3) is 5.57 Å². The van der Waals surface area contributed by atoms with Gasteiger partial charge in [0.25, 0.3) is 31.7 Å². The second-order valence-corrected chi connectivity index (χ2v) is 29.1. The molecule has 0 saturated carbocycles. The second-order valence-electron chi connectivity index (χ2n) is 24.0. The van der Waals surface area contributed by atoms with E-state index in [2.05, 4.69) is 56.2 Å². The predicted molar refractivity (Wildman–Crippen MR) is 321 cm³/mol. The third kappa shape index (κ3) is 13.2. The van der Waals surface area contributed by atoms with Gasteiger partial charge in [-0.15, -0.1) is 11.8 Å². The molecule has 4 saturated heterocycles. The number of piperidine rings is 1. The molecule has 5 aromatic carbocycles. The number of rotatable bonds is 19. The Hall–Kier alpha value is -6.34. The number of sulfonamides is 1. The molecule has 0 aromatic heterocycles. The Morgan fingerprint density at radius 1 is 0.849 bits per heavy atom. The van der Waals surface area contributed by atoms with Crippen molar-refractivity contribution < 1.29 is 53.6 Å². The third-order valence-electron chi connectivity index (χ3n) is 17.6. The number of imide groups is 1. The first-order chi connectivity index (χ1) is 40.9. The number of anilines is 2. The number of hydrogen-bond acceptors (Lipinski definition) is 14. The zero-order valence-corrected chi connectivity index (χ0v) is 50.8. The van der Waals surface area contributed by atoms with Gasteiger partial charge < -0.3 is 15.1 Å². The summed E-state index contributed by atoms with van der Waals surface area (Å²) >= 11 is 7.62. The maximum atomic E-state index is 16.2. The average molecular weight is 1260 g/mol. The summed E-state index contributed by atoms with van der Waals surface area (Å²) in [5.74, 6) is -2.77. The molecule has 1 unspecified atom stereocenters. The van der Waals surface area contributed by atoms with E-state index >= 15 is 4.39 Å². The molecule has 6 aliphatic rings. The van der Waals surface area contributed by atoms with Crippen molar-refractivity contribution in [3.8, 4) is 0 Å². The summed E-state index contributed by atoms with van der Waals surface area (Å²) in [6.07, 6.45) is 4.42. The molecule has 3 N–H and O–H groups in total. The van der Waals surface area contributed by atoms with Gasteiger partial charge in [-0.25, -0.2) is 25.9 Å². The fourth-order valence-corrected chi connectivity index (χ4v) is 16.1. The third-order valence-corrected chi connectivity index (χ3v) is 21.9. The minimum absolute atomic E-state index is 0.0309. The fourth-order valence-electron chi connectivity index (χ4n) is 12.9. The summed E-state index contributed by atoms with van der Waals surface area (Å²) in [6, 6.07) is 27.7. The van der Waals surface area contributed by atoms with Crippen molar-refractivity contribution in [3.63, 3.8) is 0 Å². The van der Waals surface area contributed by atoms with Crippen molar-refractivity contribution in [2.75, 3.05) is 68.3 Å². The Kier molecular flexibility index (Phi) is 17.6. The van der Waals surface area contributed by atoms with E-state index in [0.29, 0.717) is 55.8 Å². The lowest BCUT2D eigenvalue weighted by Gasteiger charge is -2.39. The van der Waals surface area contributed by atoms with Crippen molar-refractivity contribution in [3.05, 3.63) is 153 Å². The van der Waals surface area contributed by atoms with E-state index in [1.54, 1.807) is 24.3 Å². The van der Waals surface area contributed by atoms with E-state index in [-0.39, 0.29) is 65.9 Å². The van der Waals surface area contributed by atoms with Crippen LogP contribution in [0.15, 0.2) is 129 Å². The lowest BCUT2D eigenvalue weighted by Crippen LogP contribution is -2.52. The van der Waals surface area contributed by atoms with Gasteiger partial charge in [-0.3, -0.25) is 39.2 Å². The summed E-state index contributed by atoms with van der Waals surface area (Å²) < 4.78 is 116. The lowest BCUT2D eigenvalue weighted by atomic mass is 9.73. The van der Waals surface area contributed by atoms with E-state index in [1.165, 1.54) is 45.5 Å². The van der Waals surface area contributed by atoms with Gasteiger partial charge in [0.1, 0.15) is 16.8 Å². The molecular weight excluding hydrogens is 1190 g/mol. The first kappa shape index (κ1) is 61.3. The van der Waals surface area contributed by atoms with Crippen LogP contribution in [0.3, 0.4) is 0 Å². The standard InChI is InChI=1S/C62H67ClF4N8O8S3/c1-61(2)24-22-50(39-8-13-43(63)14-9-39)42(32-61)33-71-26-28-72(29-27-71)45-15-10-40(11-16-45)58(77)70-86(82,83)49-17-19-53(55(31-49)85(80,81)62(65,66)67)68-44(38-84-48-6-4-3-5-7-48)23-25-73-35-47-30-46(73)36-74(47)34-41-12-18-51-52(57(41)64)37-75(60(51)79)54-20-21-56(76)69-59(54)78/h3-19,31,44,46-47,54,68H,20-30,32-38H2,1-2H3,(H,70,77)(H,69,76,78)/t44-,46-,47-,54?/m1/s1. The summed E-state index contributed by atoms with van der Waals surface area (Å²) in [7, 11) is -11.1. The van der Waals surface area contributed by atoms with Gasteiger partial charge >= 0.3 is 5.51 Å². The average Bonchev–Trinajstić information content (AvgIpc) is 1.56. The molecule has 0 spiro atoms. The number of nitrogens with one attached hydrogen (secondary N) is 3. The number of nitrogens with zero attached hydrogens (tertiary/aromatic N) is 5. The minimum Gasteiger partial charge on any atom is -0.380 e. The van der Waals surface area contributed by atoms with Gasteiger partial charge in [0.05, 0.1) is 17.1 Å². The van der Waals surface area contributed by atoms with Crippen LogP contribution in [0.4, 0.5) is 28.9 Å². The Bertz CT molecular complexity index is 3700. The summed E-state index contributed by atoms with van der Waals surface area (Å²) in [6.45, 7) is 10.3. The van der Waals surface area contributed by atoms with Crippen molar-refractivity contribution >= 4 is 83.8 Å². The van der Waals surface area contributed by atoms with Crippen LogP contribution < -0.4 is 20.3 Å². The number of hydrogen-bond donors (Lipinski definition) is 3. The van der Waals surface area contributed by atoms with E-state index in [4.69, 9.17) is 11.6 Å². The van der Waals surface area contributed by atoms with Crippen LogP contribution in [0.1, 0.15) is 96.2 Å². The SMILES string of the molecule is CC1(C)CCC(c2ccc(Cl)cc2)=C(CN2CCN(c3ccc(C(=O)NS(=O)(=O)c4ccc(N[C@H](CCN5C[C@H]6C[C@@H]5CN6Cc5ccc6c(c5F)CN(C5CCC(=O)NC5=O)C6=O)CSc5ccccc5)c(S(=O)(=O)C(F)(F)F)c4)cc3)CC2)C1. The van der Waals surface area contributed by atoms with Gasteiger partial charge in [0, 0.05) is 127 Å². The van der Waals surface area contributed by atoms with Crippen molar-refractivity contribution in [2.24, 2.45) is 5.41 Å². The molecule has 456 valence electrons. The highest BCUT2D eigenvalue weighted by Gasteiger charge is 2.49. The summed E-state index contributed by atoms with van der Waals surface area (Å²) in [4.78, 5) is 60.2. The maximum Gasteiger partial charge on any atom is 0.501 e. The lowest BCUT2D eigenvalue weighted by molar-refractivity contribution is -0.136. The highest BCUT2D eigenvalue weighted by molar-refractivity contribution is 7.99. The van der Waals surface area contributed by atoms with Gasteiger partial charge in [0.2, 0.25) is 11.8 Å². The number of carbonyl (C=O) groups is 4. The van der Waals surface area contributed by atoms with Crippen LogP contribution in [-0.4, -0.2) is 148 Å². The second kappa shape index (κ2) is 24.7. The zero-order valence-electron chi connectivity index (χ0n) is 47.5. The molecule has 4 atom stereocenters. The smallest absolute Gasteiger partial charge is 0.380 e. The number of amides is 4. The van der Waals surface area contributed by atoms with Gasteiger partial charge in [-0.05, 0) is 128 Å². The summed E-state index contributed by atoms with van der Waals surface area (Å²) in [5.41, 5.74) is -0.510. The van der Waals surface area contributed by atoms with Crippen LogP contribution in [0.2, 0.25) is 5.02 Å². The molecule has 16 nitrogen and oxygen atoms in total. The Morgan fingerprint density at radius 3 is 2.24 bits per heavy atom. The molecule has 11 rings (SSSR count). The Balaban J connectivity index is 0.731. The van der Waals surface area contributed by atoms with Crippen LogP contribution in [0, 0.1) is 11.2 Å². The summed E-state index contributed by atoms with van der Waals surface area (Å²) in [5, 5.41) is 5.99. The highest BCUT2D eigenvalue weighted by Crippen LogP contribution is 2.44. The van der Waals surface area contributed by atoms with E-state index in [0.717, 1.165) is 68.0 Å². The first-order valence-corrected chi connectivity index (χ1v) is 33.2. The molecule has 86 heavy (non-hydrogen) atoms. The maximum absolute atomic E-state index is 16.2. The normalized spacial score (nSPS) is 21.7. The molecule has 5 aromatic rings. The van der Waals surface area contributed by atoms with E-state index < -0.39 is 82.4 Å². The van der Waals surface area contributed by atoms with Crippen molar-refractivity contribution in [1.29, 1.82) is 0 Å². The number of likely N-dealkylation sites (tertiary alicyclic amines) is 2. The molecule has 5 heterocycles. The van der Waals surface area contributed by atoms with Crippen molar-refractivity contribution in [2.45, 2.75) is 116 Å². The quantitative estimate of drug-likeness (QED) is 0.0403. The highest BCUT2D eigenvalue weighted by atomic mass is 35.5. The molecule has 24 heteroatoms. The number of allylic oxidation sites excluding steroid dienone is 1. The van der Waals surface area contributed by atoms with Gasteiger partial charge in [0.15, 0.2) is 0 Å². The number of benzene rings is 5. The van der Waals surface area contributed by atoms with Crippen LogP contribution in [0.5, 0.6) is 0 Å². The predicted octanol–water partition coefficient (Wildman–Crippen LogP) is 9.36. The number of halogens is 5. The molecular formula is C62H67ClF4N8O8S3. The van der Waals surface area contributed by atoms with Gasteiger partial charge in [-0.1, -0.05) is 67.4 Å². The number of fused-ring (bicyclic) bond motifs is 3. The number of alkyl halides is 3.